The van der Waals surface area contributed by atoms with E-state index in [4.69, 9.17) is 0 Å². The van der Waals surface area contributed by atoms with Gasteiger partial charge < -0.3 is 5.11 Å². The molecule has 1 N–H and O–H groups in total. The van der Waals surface area contributed by atoms with Gasteiger partial charge in [-0.1, -0.05) is 76.0 Å². The highest BCUT2D eigenvalue weighted by Crippen LogP contribution is 2.65. The molecule has 2 saturated carbocycles. The zero-order chi connectivity index (χ0) is 20.8. The largest absolute Gasteiger partial charge is 0.396 e. The summed E-state index contributed by atoms with van der Waals surface area (Å²) in [5, 5.41) is 9.39. The molecule has 4 rings (SSSR count). The van der Waals surface area contributed by atoms with E-state index in [0.29, 0.717) is 16.7 Å². The monoisotopic (exact) mass is 396 g/mol. The second-order valence-corrected chi connectivity index (χ2v) is 11.5. The summed E-state index contributed by atoms with van der Waals surface area (Å²) in [4.78, 5) is 0. The predicted molar refractivity (Wildman–Crippen MR) is 124 cm³/mol. The first-order valence-electron chi connectivity index (χ1n) is 12.5. The van der Waals surface area contributed by atoms with E-state index in [1.165, 1.54) is 64.2 Å². The molecule has 2 fully saturated rings. The Balaban J connectivity index is 1.55. The average Bonchev–Trinajstić information content (AvgIpc) is 3.08. The van der Waals surface area contributed by atoms with Crippen LogP contribution in [-0.4, -0.2) is 11.7 Å². The SMILES string of the molecule is C=C(C=C[C@@H](C)[C@H]1CC[C@H]2C3=C(CC[C@]12C)[C@@]1(C)CCCCC1CC3)C(C)CO. The van der Waals surface area contributed by atoms with E-state index in [1.807, 2.05) is 11.1 Å². The fourth-order valence-corrected chi connectivity index (χ4v) is 8.09. The van der Waals surface area contributed by atoms with Crippen LogP contribution in [0.3, 0.4) is 0 Å². The summed E-state index contributed by atoms with van der Waals surface area (Å²) in [5.74, 6) is 3.35. The first kappa shape index (κ1) is 21.4. The Morgan fingerprint density at radius 1 is 1.10 bits per heavy atom. The van der Waals surface area contributed by atoms with E-state index in [1.54, 1.807) is 0 Å². The third kappa shape index (κ3) is 3.50. The van der Waals surface area contributed by atoms with Crippen molar-refractivity contribution in [3.8, 4) is 0 Å². The molecule has 0 saturated heterocycles. The number of rotatable bonds is 5. The molecule has 0 aromatic carbocycles. The third-order valence-electron chi connectivity index (χ3n) is 10.1. The van der Waals surface area contributed by atoms with Gasteiger partial charge in [0.25, 0.3) is 0 Å². The first-order valence-corrected chi connectivity index (χ1v) is 12.5. The molecule has 4 aliphatic rings. The van der Waals surface area contributed by atoms with Crippen LogP contribution in [0.5, 0.6) is 0 Å². The molecule has 0 bridgehead atoms. The molecular formula is C28H44O. The van der Waals surface area contributed by atoms with E-state index in [9.17, 15) is 5.11 Å². The van der Waals surface area contributed by atoms with Crippen LogP contribution < -0.4 is 0 Å². The molecular weight excluding hydrogens is 352 g/mol. The van der Waals surface area contributed by atoms with Gasteiger partial charge in [-0.05, 0) is 85.9 Å². The summed E-state index contributed by atoms with van der Waals surface area (Å²) < 4.78 is 0. The molecule has 29 heavy (non-hydrogen) atoms. The lowest BCUT2D eigenvalue weighted by molar-refractivity contribution is 0.0747. The van der Waals surface area contributed by atoms with Gasteiger partial charge in [0.1, 0.15) is 0 Å². The molecule has 1 heteroatoms. The molecule has 0 amide bonds. The van der Waals surface area contributed by atoms with Crippen LogP contribution in [-0.2, 0) is 0 Å². The highest BCUT2D eigenvalue weighted by atomic mass is 16.3. The van der Waals surface area contributed by atoms with Gasteiger partial charge in [0.05, 0.1) is 0 Å². The first-order chi connectivity index (χ1) is 13.8. The maximum absolute atomic E-state index is 9.39. The number of hydrogen-bond donors (Lipinski definition) is 1. The summed E-state index contributed by atoms with van der Waals surface area (Å²) in [6, 6.07) is 0. The summed E-state index contributed by atoms with van der Waals surface area (Å²) in [6.45, 7) is 14.1. The highest BCUT2D eigenvalue weighted by molar-refractivity contribution is 5.34. The van der Waals surface area contributed by atoms with Crippen LogP contribution >= 0.6 is 0 Å². The zero-order valence-electron chi connectivity index (χ0n) is 19.5. The van der Waals surface area contributed by atoms with Crippen LogP contribution in [0, 0.1) is 40.4 Å². The summed E-state index contributed by atoms with van der Waals surface area (Å²) in [7, 11) is 0. The van der Waals surface area contributed by atoms with Crippen molar-refractivity contribution in [2.45, 2.75) is 91.9 Å². The smallest absolute Gasteiger partial charge is 0.0496 e. The molecule has 0 spiro atoms. The van der Waals surface area contributed by atoms with Gasteiger partial charge in [-0.3, -0.25) is 0 Å². The van der Waals surface area contributed by atoms with Crippen molar-refractivity contribution >= 4 is 0 Å². The van der Waals surface area contributed by atoms with Gasteiger partial charge in [-0.2, -0.15) is 0 Å². The van der Waals surface area contributed by atoms with Gasteiger partial charge in [-0.25, -0.2) is 0 Å². The number of aliphatic hydroxyl groups excluding tert-OH is 1. The van der Waals surface area contributed by atoms with Gasteiger partial charge in [0.15, 0.2) is 0 Å². The molecule has 0 heterocycles. The molecule has 2 unspecified atom stereocenters. The Morgan fingerprint density at radius 2 is 1.90 bits per heavy atom. The molecule has 0 radical (unpaired) electrons. The number of hydrogen-bond acceptors (Lipinski definition) is 1. The fraction of sp³-hybridized carbons (Fsp3) is 0.786. The third-order valence-corrected chi connectivity index (χ3v) is 10.1. The number of fused-ring (bicyclic) bond motifs is 4. The van der Waals surface area contributed by atoms with Crippen molar-refractivity contribution in [2.75, 3.05) is 6.61 Å². The molecule has 0 aliphatic heterocycles. The van der Waals surface area contributed by atoms with Crippen molar-refractivity contribution in [2.24, 2.45) is 40.4 Å². The van der Waals surface area contributed by atoms with Crippen LogP contribution in [0.15, 0.2) is 35.5 Å². The number of allylic oxidation sites excluding steroid dienone is 4. The van der Waals surface area contributed by atoms with Crippen molar-refractivity contribution in [1.29, 1.82) is 0 Å². The summed E-state index contributed by atoms with van der Waals surface area (Å²) in [6.07, 6.45) is 18.9. The summed E-state index contributed by atoms with van der Waals surface area (Å²) in [5.41, 5.74) is 5.94. The molecule has 1 nitrogen and oxygen atoms in total. The lowest BCUT2D eigenvalue weighted by Crippen LogP contribution is -2.43. The maximum Gasteiger partial charge on any atom is 0.0496 e. The Hall–Kier alpha value is -0.820. The van der Waals surface area contributed by atoms with Crippen LogP contribution in [0.2, 0.25) is 0 Å². The van der Waals surface area contributed by atoms with Gasteiger partial charge in [-0.15, -0.1) is 0 Å². The fourth-order valence-electron chi connectivity index (χ4n) is 8.09. The Kier molecular flexibility index (Phi) is 5.93. The normalized spacial score (nSPS) is 41.6. The number of aliphatic hydroxyl groups is 1. The van der Waals surface area contributed by atoms with Crippen molar-refractivity contribution in [3.63, 3.8) is 0 Å². The molecule has 7 atom stereocenters. The van der Waals surface area contributed by atoms with Crippen LogP contribution in [0.1, 0.15) is 91.9 Å². The van der Waals surface area contributed by atoms with Gasteiger partial charge >= 0.3 is 0 Å². The molecule has 0 aromatic rings. The van der Waals surface area contributed by atoms with E-state index >= 15 is 0 Å². The minimum Gasteiger partial charge on any atom is -0.396 e. The minimum atomic E-state index is 0.166. The van der Waals surface area contributed by atoms with E-state index in [2.05, 4.69) is 46.4 Å². The molecule has 0 aromatic heterocycles. The molecule has 4 aliphatic carbocycles. The van der Waals surface area contributed by atoms with E-state index in [-0.39, 0.29) is 12.5 Å². The average molecular weight is 397 g/mol. The van der Waals surface area contributed by atoms with Gasteiger partial charge in [0, 0.05) is 12.5 Å². The quantitative estimate of drug-likeness (QED) is 0.377. The van der Waals surface area contributed by atoms with Crippen LogP contribution in [0.25, 0.3) is 0 Å². The lowest BCUT2D eigenvalue weighted by Gasteiger charge is -2.54. The second-order valence-electron chi connectivity index (χ2n) is 11.5. The van der Waals surface area contributed by atoms with Crippen molar-refractivity contribution in [3.05, 3.63) is 35.5 Å². The predicted octanol–water partition coefficient (Wildman–Crippen LogP) is 7.48. The van der Waals surface area contributed by atoms with E-state index < -0.39 is 0 Å². The Labute approximate surface area is 179 Å². The maximum atomic E-state index is 9.39. The Morgan fingerprint density at radius 3 is 2.66 bits per heavy atom. The van der Waals surface area contributed by atoms with Gasteiger partial charge in [0.2, 0.25) is 0 Å². The zero-order valence-corrected chi connectivity index (χ0v) is 19.5. The lowest BCUT2D eigenvalue weighted by atomic mass is 9.51. The van der Waals surface area contributed by atoms with E-state index in [0.717, 1.165) is 23.3 Å². The topological polar surface area (TPSA) is 20.2 Å². The van der Waals surface area contributed by atoms with Crippen molar-refractivity contribution in [1.82, 2.24) is 0 Å². The van der Waals surface area contributed by atoms with Crippen molar-refractivity contribution < 1.29 is 5.11 Å². The Bertz CT molecular complexity index is 699. The minimum absolute atomic E-state index is 0.166. The standard InChI is InChI=1S/C28H44O/c1-19(21(3)18-29)9-10-20(2)24-13-14-25-23-12-11-22-8-6-7-16-27(22,4)26(23)15-17-28(24,25)5/h9-10,20-22,24-25,29H,1,6-8,11-18H2,2-5H3/t20-,21?,22?,24-,25+,27+,28-/m1/s1. The second kappa shape index (κ2) is 8.03. The summed E-state index contributed by atoms with van der Waals surface area (Å²) >= 11 is 0. The molecule has 162 valence electrons. The van der Waals surface area contributed by atoms with Crippen LogP contribution in [0.4, 0.5) is 0 Å². The highest BCUT2D eigenvalue weighted by Gasteiger charge is 2.55.